The maximum atomic E-state index is 14.0. The maximum Gasteiger partial charge on any atom is 0.160 e. The summed E-state index contributed by atoms with van der Waals surface area (Å²) >= 11 is 0. The number of carbonyl (C=O) groups is 2. The van der Waals surface area contributed by atoms with Crippen molar-refractivity contribution in [1.29, 1.82) is 0 Å². The summed E-state index contributed by atoms with van der Waals surface area (Å²) in [6, 6.07) is 18.1. The summed E-state index contributed by atoms with van der Waals surface area (Å²) in [6.45, 7) is 0.338. The van der Waals surface area contributed by atoms with Crippen LogP contribution in [0.15, 0.2) is 78.6 Å². The van der Waals surface area contributed by atoms with Crippen molar-refractivity contribution in [2.45, 2.75) is 50.9 Å². The molecule has 0 saturated heterocycles. The third kappa shape index (κ3) is 7.57. The van der Waals surface area contributed by atoms with Gasteiger partial charge in [-0.15, -0.1) is 5.69 Å². The van der Waals surface area contributed by atoms with E-state index in [4.69, 9.17) is 10.1 Å². The Kier molecular flexibility index (Phi) is 9.66. The summed E-state index contributed by atoms with van der Waals surface area (Å²) in [6.07, 6.45) is 9.48. The van der Waals surface area contributed by atoms with Gasteiger partial charge in [0.25, 0.3) is 0 Å². The highest BCUT2D eigenvalue weighted by atomic mass is 16.5. The molecule has 1 aliphatic rings. The number of aromatic nitrogens is 2. The van der Waals surface area contributed by atoms with Crippen LogP contribution in [0.25, 0.3) is 11.4 Å². The second-order valence-electron chi connectivity index (χ2n) is 11.1. The number of phenols is 2. The topological polar surface area (TPSA) is 128 Å². The van der Waals surface area contributed by atoms with E-state index in [0.717, 1.165) is 59.5 Å². The number of unbranched alkanes of at least 4 members (excludes halogenated alkanes) is 1. The molecule has 0 bridgehead atoms. The third-order valence-electron chi connectivity index (χ3n) is 8.10. The Bertz CT molecular complexity index is 1570. The number of nitrogens with zero attached hydrogens (tertiary/aromatic N) is 2. The lowest BCUT2D eigenvalue weighted by molar-refractivity contribution is -0.129. The highest BCUT2D eigenvalue weighted by Gasteiger charge is 2.35. The lowest BCUT2D eigenvalue weighted by atomic mass is 9.71. The quantitative estimate of drug-likeness (QED) is 0.105. The van der Waals surface area contributed by atoms with Crippen molar-refractivity contribution in [3.63, 3.8) is 0 Å². The van der Waals surface area contributed by atoms with Gasteiger partial charge in [-0.2, -0.15) is 6.20 Å². The van der Waals surface area contributed by atoms with E-state index in [-0.39, 0.29) is 41.8 Å². The van der Waals surface area contributed by atoms with Gasteiger partial charge in [-0.1, -0.05) is 72.0 Å². The van der Waals surface area contributed by atoms with Crippen LogP contribution in [0.1, 0.15) is 60.4 Å². The molecule has 0 saturated carbocycles. The number of ether oxygens (including phenoxy) is 1. The smallest absolute Gasteiger partial charge is 0.160 e. The van der Waals surface area contributed by atoms with E-state index in [1.807, 2.05) is 42.6 Å². The van der Waals surface area contributed by atoms with Crippen LogP contribution in [-0.2, 0) is 22.4 Å². The zero-order chi connectivity index (χ0) is 30.2. The van der Waals surface area contributed by atoms with Crippen molar-refractivity contribution >= 4 is 23.5 Å². The molecule has 0 unspecified atom stereocenters. The lowest BCUT2D eigenvalue weighted by Gasteiger charge is -2.36. The van der Waals surface area contributed by atoms with Crippen LogP contribution in [0.5, 0.6) is 17.2 Å². The monoisotopic (exact) mass is 579 g/mol. The first-order chi connectivity index (χ1) is 20.9. The Morgan fingerprint density at radius 1 is 1.00 bits per heavy atom. The number of H-pyrrole nitrogens is 1. The first-order valence-electron chi connectivity index (χ1n) is 14.7. The van der Waals surface area contributed by atoms with Crippen molar-refractivity contribution < 1.29 is 24.5 Å². The van der Waals surface area contributed by atoms with Crippen molar-refractivity contribution in [1.82, 2.24) is 9.97 Å². The number of aromatic hydroxyl groups is 2. The Balaban J connectivity index is 1.29. The molecule has 224 valence electrons. The molecule has 43 heavy (non-hydrogen) atoms. The van der Waals surface area contributed by atoms with Gasteiger partial charge in [0.2, 0.25) is 0 Å². The van der Waals surface area contributed by atoms with Gasteiger partial charge in [-0.25, -0.2) is 0 Å². The molecule has 8 nitrogen and oxygen atoms in total. The van der Waals surface area contributed by atoms with E-state index in [1.165, 1.54) is 7.11 Å². The van der Waals surface area contributed by atoms with E-state index in [2.05, 4.69) is 9.97 Å². The number of fused-ring (bicyclic) bond motifs is 1. The largest absolute Gasteiger partial charge is 0.664 e. The third-order valence-corrected chi connectivity index (χ3v) is 8.10. The van der Waals surface area contributed by atoms with Crippen LogP contribution < -0.4 is 9.72 Å². The molecule has 3 N–H and O–H groups in total. The zero-order valence-corrected chi connectivity index (χ0v) is 24.3. The predicted octanol–water partition coefficient (Wildman–Crippen LogP) is 6.77. The van der Waals surface area contributed by atoms with Gasteiger partial charge in [0.05, 0.1) is 13.5 Å². The average molecular weight is 580 g/mol. The number of hydrogen-bond acceptors (Lipinski definition) is 5. The molecule has 5 rings (SSSR count). The lowest BCUT2D eigenvalue weighted by Crippen LogP contribution is -2.30. The summed E-state index contributed by atoms with van der Waals surface area (Å²) in [5.74, 6) is 0.626. The van der Waals surface area contributed by atoms with Gasteiger partial charge in [-0.3, -0.25) is 9.59 Å². The molecular weight excluding hydrogens is 542 g/mol. The number of rotatable bonds is 15. The molecule has 0 fully saturated rings. The number of Topliss-reactive ketones (excluding diaryl/α,β-unsaturated/α-hetero) is 2. The van der Waals surface area contributed by atoms with E-state index in [0.29, 0.717) is 18.7 Å². The minimum atomic E-state index is -0.464. The van der Waals surface area contributed by atoms with Crippen molar-refractivity contribution in [3.8, 4) is 17.2 Å². The normalized spacial score (nSPS) is 15.9. The SMILES string of the molecule is COc1cc(CCC(=O)CC(=O)[C@@H]2C(C[N-]c3ccc[nH]3)=Cc3[n-]ccc3[C@@H]2CCCCc2cccc(O)c2)ccc1O. The number of ketones is 2. The molecule has 0 radical (unpaired) electrons. The number of benzene rings is 2. The number of aromatic amines is 1. The van der Waals surface area contributed by atoms with Crippen LogP contribution in [-0.4, -0.2) is 40.4 Å². The molecule has 4 aromatic rings. The molecule has 2 aromatic heterocycles. The summed E-state index contributed by atoms with van der Waals surface area (Å²) in [4.78, 5) is 34.7. The van der Waals surface area contributed by atoms with Crippen molar-refractivity contribution in [3.05, 3.63) is 106 Å². The zero-order valence-electron chi connectivity index (χ0n) is 24.3. The maximum absolute atomic E-state index is 14.0. The van der Waals surface area contributed by atoms with E-state index in [1.54, 1.807) is 36.5 Å². The molecule has 8 heteroatoms. The minimum absolute atomic E-state index is 0.0449. The molecule has 1 aliphatic carbocycles. The van der Waals surface area contributed by atoms with E-state index in [9.17, 15) is 19.8 Å². The van der Waals surface area contributed by atoms with E-state index < -0.39 is 5.92 Å². The fraction of sp³-hybridized carbons (Fsp3) is 0.314. The molecule has 0 spiro atoms. The number of methoxy groups -OCH3 is 1. The molecule has 0 aliphatic heterocycles. The van der Waals surface area contributed by atoms with Crippen molar-refractivity contribution in [2.24, 2.45) is 5.92 Å². The molecule has 2 atom stereocenters. The van der Waals surface area contributed by atoms with Gasteiger partial charge in [0.1, 0.15) is 17.3 Å². The molecule has 2 aromatic carbocycles. The summed E-state index contributed by atoms with van der Waals surface area (Å²) in [5.41, 5.74) is 4.72. The van der Waals surface area contributed by atoms with Crippen LogP contribution >= 0.6 is 0 Å². The standard InChI is InChI=1S/C35H37N3O5/c1-43-33-19-24(12-14-31(33)41)11-13-27(40)21-32(42)35-25(22-38-34-10-5-16-37-34)20-30-28(15-17-36-30)29(35)9-3-2-6-23-7-4-8-26(39)18-23/h4-5,7-8,10,12,14-20,29,35,37,39,41H,2-3,6,9,11,13,21-22H2,1H3/q-2/t29-,35+/m0/s1. The first-order valence-corrected chi connectivity index (χ1v) is 14.7. The highest BCUT2D eigenvalue weighted by Crippen LogP contribution is 2.43. The minimum Gasteiger partial charge on any atom is -0.664 e. The number of hydrogen-bond donors (Lipinski definition) is 3. The second-order valence-corrected chi connectivity index (χ2v) is 11.1. The number of carbonyl (C=O) groups excluding carboxylic acids is 2. The summed E-state index contributed by atoms with van der Waals surface area (Å²) in [5, 5.41) is 24.4. The summed E-state index contributed by atoms with van der Waals surface area (Å²) in [7, 11) is 1.48. The Hall–Kier alpha value is -4.72. The Morgan fingerprint density at radius 3 is 2.65 bits per heavy atom. The fourth-order valence-corrected chi connectivity index (χ4v) is 5.95. The van der Waals surface area contributed by atoms with Crippen LogP contribution in [0, 0.1) is 5.92 Å². The van der Waals surface area contributed by atoms with Gasteiger partial charge < -0.3 is 30.2 Å². The van der Waals surface area contributed by atoms with Gasteiger partial charge in [0.15, 0.2) is 11.5 Å². The first kappa shape index (κ1) is 29.8. The van der Waals surface area contributed by atoms with Gasteiger partial charge >= 0.3 is 0 Å². The summed E-state index contributed by atoms with van der Waals surface area (Å²) < 4.78 is 5.18. The molecule has 0 amide bonds. The second kappa shape index (κ2) is 14.0. The van der Waals surface area contributed by atoms with Crippen LogP contribution in [0.2, 0.25) is 0 Å². The van der Waals surface area contributed by atoms with Gasteiger partial charge in [-0.05, 0) is 73.5 Å². The Morgan fingerprint density at radius 2 is 1.86 bits per heavy atom. The van der Waals surface area contributed by atoms with Crippen LogP contribution in [0.4, 0.5) is 5.82 Å². The molecular formula is C35H37N3O5-2. The van der Waals surface area contributed by atoms with Crippen molar-refractivity contribution in [2.75, 3.05) is 13.7 Å². The number of aryl methyl sites for hydroxylation is 2. The number of nitrogens with one attached hydrogen (secondary N) is 1. The van der Waals surface area contributed by atoms with Gasteiger partial charge in [0, 0.05) is 12.3 Å². The fourth-order valence-electron chi connectivity index (χ4n) is 5.95. The average Bonchev–Trinajstić information content (AvgIpc) is 3.70. The molecule has 2 heterocycles. The highest BCUT2D eigenvalue weighted by molar-refractivity contribution is 6.02. The van der Waals surface area contributed by atoms with Crippen LogP contribution in [0.3, 0.4) is 0 Å². The Labute approximate surface area is 251 Å². The van der Waals surface area contributed by atoms with E-state index >= 15 is 0 Å². The number of phenolic OH excluding ortho intramolecular Hbond substituents is 2. The predicted molar refractivity (Wildman–Crippen MR) is 166 cm³/mol.